The highest BCUT2D eigenvalue weighted by Crippen LogP contribution is 2.09. The first-order valence-electron chi connectivity index (χ1n) is 7.51. The maximum atomic E-state index is 12.2. The van der Waals surface area contributed by atoms with Crippen LogP contribution in [0.4, 0.5) is 4.79 Å². The Bertz CT molecular complexity index is 495. The number of hydrogen-bond donors (Lipinski definition) is 1. The van der Waals surface area contributed by atoms with Crippen molar-refractivity contribution in [1.29, 1.82) is 0 Å². The van der Waals surface area contributed by atoms with E-state index in [9.17, 15) is 9.59 Å². The van der Waals surface area contributed by atoms with Crippen LogP contribution in [0.1, 0.15) is 26.3 Å². The second-order valence-corrected chi connectivity index (χ2v) is 6.05. The van der Waals surface area contributed by atoms with E-state index in [-0.39, 0.29) is 6.61 Å². The van der Waals surface area contributed by atoms with E-state index in [1.807, 2.05) is 30.3 Å². The van der Waals surface area contributed by atoms with Crippen molar-refractivity contribution in [2.75, 3.05) is 20.3 Å². The monoisotopic (exact) mass is 323 g/mol. The Hall–Kier alpha value is -2.08. The first-order chi connectivity index (χ1) is 10.8. The van der Waals surface area contributed by atoms with Gasteiger partial charge in [-0.25, -0.2) is 9.59 Å². The largest absolute Gasteiger partial charge is 0.462 e. The molecule has 128 valence electrons. The van der Waals surface area contributed by atoms with Crippen LogP contribution in [0, 0.1) is 0 Å². The summed E-state index contributed by atoms with van der Waals surface area (Å²) in [4.78, 5) is 24.1. The zero-order valence-electron chi connectivity index (χ0n) is 14.1. The molecule has 0 radical (unpaired) electrons. The van der Waals surface area contributed by atoms with Gasteiger partial charge in [0.05, 0.1) is 6.61 Å². The predicted octanol–water partition coefficient (Wildman–Crippen LogP) is 2.31. The molecule has 1 unspecified atom stereocenters. The summed E-state index contributed by atoms with van der Waals surface area (Å²) in [6.45, 7) is 5.72. The van der Waals surface area contributed by atoms with Crippen molar-refractivity contribution in [3.63, 3.8) is 0 Å². The van der Waals surface area contributed by atoms with E-state index >= 15 is 0 Å². The Balaban J connectivity index is 2.71. The minimum atomic E-state index is -0.816. The fourth-order valence-electron chi connectivity index (χ4n) is 1.82. The lowest BCUT2D eigenvalue weighted by Crippen LogP contribution is -2.45. The Morgan fingerprint density at radius 2 is 1.78 bits per heavy atom. The first-order valence-corrected chi connectivity index (χ1v) is 7.51. The number of benzene rings is 1. The number of hydrogen-bond acceptors (Lipinski definition) is 5. The SMILES string of the molecule is COCCOC(=O)C(Cc1ccccc1)NC(=O)OC(C)(C)C. The summed E-state index contributed by atoms with van der Waals surface area (Å²) in [6.07, 6.45) is -0.326. The first kappa shape index (κ1) is 19.0. The number of nitrogens with one attached hydrogen (secondary N) is 1. The van der Waals surface area contributed by atoms with Crippen LogP contribution < -0.4 is 5.32 Å². The molecule has 0 spiro atoms. The molecule has 0 aliphatic carbocycles. The topological polar surface area (TPSA) is 73.9 Å². The zero-order valence-corrected chi connectivity index (χ0v) is 14.1. The molecule has 1 N–H and O–H groups in total. The molecule has 1 rings (SSSR count). The van der Waals surface area contributed by atoms with E-state index in [1.54, 1.807) is 20.8 Å². The summed E-state index contributed by atoms with van der Waals surface area (Å²) in [5.41, 5.74) is 0.277. The van der Waals surface area contributed by atoms with Gasteiger partial charge in [-0.3, -0.25) is 0 Å². The number of carbonyl (C=O) groups excluding carboxylic acids is 2. The number of rotatable bonds is 7. The Kier molecular flexibility index (Phi) is 7.54. The third-order valence-electron chi connectivity index (χ3n) is 2.79. The molecular weight excluding hydrogens is 298 g/mol. The van der Waals surface area contributed by atoms with Crippen molar-refractivity contribution in [2.24, 2.45) is 0 Å². The predicted molar refractivity (Wildman–Crippen MR) is 86.1 cm³/mol. The van der Waals surface area contributed by atoms with Crippen molar-refractivity contribution >= 4 is 12.1 Å². The molecule has 0 heterocycles. The van der Waals surface area contributed by atoms with E-state index in [1.165, 1.54) is 7.11 Å². The van der Waals surface area contributed by atoms with Gasteiger partial charge in [-0.05, 0) is 26.3 Å². The van der Waals surface area contributed by atoms with Crippen molar-refractivity contribution in [3.05, 3.63) is 35.9 Å². The van der Waals surface area contributed by atoms with Gasteiger partial charge in [-0.1, -0.05) is 30.3 Å². The summed E-state index contributed by atoms with van der Waals surface area (Å²) in [5, 5.41) is 2.57. The smallest absolute Gasteiger partial charge is 0.408 e. The molecule has 1 aromatic rings. The molecule has 6 nitrogen and oxygen atoms in total. The van der Waals surface area contributed by atoms with Crippen LogP contribution in [-0.2, 0) is 25.4 Å². The van der Waals surface area contributed by atoms with Gasteiger partial charge in [0, 0.05) is 13.5 Å². The van der Waals surface area contributed by atoms with E-state index in [4.69, 9.17) is 14.2 Å². The number of alkyl carbamates (subject to hydrolysis) is 1. The van der Waals surface area contributed by atoms with E-state index < -0.39 is 23.7 Å². The second-order valence-electron chi connectivity index (χ2n) is 6.05. The Morgan fingerprint density at radius 1 is 1.13 bits per heavy atom. The van der Waals surface area contributed by atoms with E-state index in [0.717, 1.165) is 5.56 Å². The van der Waals surface area contributed by atoms with Crippen molar-refractivity contribution in [3.8, 4) is 0 Å². The van der Waals surface area contributed by atoms with Gasteiger partial charge in [0.2, 0.25) is 0 Å². The van der Waals surface area contributed by atoms with Crippen LogP contribution in [0.2, 0.25) is 0 Å². The molecule has 1 amide bonds. The maximum Gasteiger partial charge on any atom is 0.408 e. The number of methoxy groups -OCH3 is 1. The zero-order chi connectivity index (χ0) is 17.3. The van der Waals surface area contributed by atoms with Gasteiger partial charge in [0.25, 0.3) is 0 Å². The van der Waals surface area contributed by atoms with Gasteiger partial charge < -0.3 is 19.5 Å². The lowest BCUT2D eigenvalue weighted by molar-refractivity contribution is -0.147. The molecule has 0 aliphatic heterocycles. The molecule has 1 aromatic carbocycles. The lowest BCUT2D eigenvalue weighted by atomic mass is 10.1. The summed E-state index contributed by atoms with van der Waals surface area (Å²) in [5.74, 6) is -0.517. The highest BCUT2D eigenvalue weighted by Gasteiger charge is 2.25. The van der Waals surface area contributed by atoms with E-state index in [0.29, 0.717) is 13.0 Å². The molecule has 23 heavy (non-hydrogen) atoms. The minimum Gasteiger partial charge on any atom is -0.462 e. The highest BCUT2D eigenvalue weighted by atomic mass is 16.6. The van der Waals surface area contributed by atoms with Gasteiger partial charge in [0.1, 0.15) is 18.2 Å². The summed E-state index contributed by atoms with van der Waals surface area (Å²) in [6, 6.07) is 8.57. The third-order valence-corrected chi connectivity index (χ3v) is 2.79. The molecule has 0 bridgehead atoms. The fraction of sp³-hybridized carbons (Fsp3) is 0.529. The average Bonchev–Trinajstić information content (AvgIpc) is 2.46. The number of carbonyl (C=O) groups is 2. The average molecular weight is 323 g/mol. The summed E-state index contributed by atoms with van der Waals surface area (Å²) in [7, 11) is 1.52. The van der Waals surface area contributed by atoms with Crippen molar-refractivity contribution < 1.29 is 23.8 Å². The van der Waals surface area contributed by atoms with Gasteiger partial charge >= 0.3 is 12.1 Å². The molecule has 0 saturated heterocycles. The molecule has 0 fully saturated rings. The van der Waals surface area contributed by atoms with Crippen LogP contribution in [0.5, 0.6) is 0 Å². The van der Waals surface area contributed by atoms with Crippen LogP contribution in [0.15, 0.2) is 30.3 Å². The fourth-order valence-corrected chi connectivity index (χ4v) is 1.82. The van der Waals surface area contributed by atoms with Crippen LogP contribution in [0.3, 0.4) is 0 Å². The number of amides is 1. The normalized spacial score (nSPS) is 12.3. The van der Waals surface area contributed by atoms with Crippen molar-refractivity contribution in [2.45, 2.75) is 38.8 Å². The van der Waals surface area contributed by atoms with E-state index in [2.05, 4.69) is 5.32 Å². The lowest BCUT2D eigenvalue weighted by Gasteiger charge is -2.23. The highest BCUT2D eigenvalue weighted by molar-refractivity contribution is 5.81. The molecule has 0 saturated carbocycles. The van der Waals surface area contributed by atoms with Crippen LogP contribution in [-0.4, -0.2) is 44.0 Å². The standard InChI is InChI=1S/C17H25NO5/c1-17(2,3)23-16(20)18-14(15(19)22-11-10-21-4)12-13-8-6-5-7-9-13/h5-9,14H,10-12H2,1-4H3,(H,18,20). The molecule has 1 atom stereocenters. The molecular formula is C17H25NO5. The quantitative estimate of drug-likeness (QED) is 0.616. The Labute approximate surface area is 137 Å². The summed E-state index contributed by atoms with van der Waals surface area (Å²) < 4.78 is 15.2. The third kappa shape index (κ3) is 8.21. The van der Waals surface area contributed by atoms with Crippen LogP contribution in [0.25, 0.3) is 0 Å². The van der Waals surface area contributed by atoms with Crippen LogP contribution >= 0.6 is 0 Å². The molecule has 6 heteroatoms. The number of ether oxygens (including phenoxy) is 3. The second kappa shape index (κ2) is 9.15. The Morgan fingerprint density at radius 3 is 2.35 bits per heavy atom. The number of esters is 1. The van der Waals surface area contributed by atoms with Gasteiger partial charge in [0.15, 0.2) is 0 Å². The van der Waals surface area contributed by atoms with Gasteiger partial charge in [-0.2, -0.15) is 0 Å². The minimum absolute atomic E-state index is 0.136. The molecule has 0 aromatic heterocycles. The molecule has 0 aliphatic rings. The van der Waals surface area contributed by atoms with Gasteiger partial charge in [-0.15, -0.1) is 0 Å². The van der Waals surface area contributed by atoms with Crippen molar-refractivity contribution in [1.82, 2.24) is 5.32 Å². The summed E-state index contributed by atoms with van der Waals surface area (Å²) >= 11 is 0. The maximum absolute atomic E-state index is 12.2.